The van der Waals surface area contributed by atoms with E-state index in [4.69, 9.17) is 14.8 Å². The number of nitrogens with one attached hydrogen (secondary N) is 1. The van der Waals surface area contributed by atoms with Crippen molar-refractivity contribution >= 4 is 17.0 Å². The summed E-state index contributed by atoms with van der Waals surface area (Å²) in [6, 6.07) is 8.44. The summed E-state index contributed by atoms with van der Waals surface area (Å²) < 4.78 is 9.54. The molecule has 2 N–H and O–H groups in total. The first kappa shape index (κ1) is 25.1. The standard InChI is InChI=1S/C27H36N4O4/c1-4-20(7-10-28-15-25(32)33)21-5-6-23-24(14-21)31(16-19-8-11-35-12-9-19)26(29-23)22-13-18(2)27(34)30(3)17-22/h5-6,13-14,17,19-20,28H,4,7-12,15-16H2,1-3H3,(H,32,33). The summed E-state index contributed by atoms with van der Waals surface area (Å²) in [4.78, 5) is 28.1. The van der Waals surface area contributed by atoms with Crippen LogP contribution in [0.2, 0.25) is 0 Å². The quantitative estimate of drug-likeness (QED) is 0.430. The Kier molecular flexibility index (Phi) is 8.03. The van der Waals surface area contributed by atoms with Gasteiger partial charge in [-0.1, -0.05) is 13.0 Å². The van der Waals surface area contributed by atoms with Crippen molar-refractivity contribution < 1.29 is 14.6 Å². The SMILES string of the molecule is CCC(CCNCC(=O)O)c1ccc2nc(-c3cc(C)c(=O)n(C)c3)n(CC3CCOCC3)c2c1. The Hall–Kier alpha value is -2.97. The van der Waals surface area contributed by atoms with Crippen LogP contribution in [0, 0.1) is 12.8 Å². The highest BCUT2D eigenvalue weighted by Crippen LogP contribution is 2.31. The summed E-state index contributed by atoms with van der Waals surface area (Å²) >= 11 is 0. The number of rotatable bonds is 10. The Bertz CT molecular complexity index is 1210. The van der Waals surface area contributed by atoms with Crippen LogP contribution < -0.4 is 10.9 Å². The zero-order valence-electron chi connectivity index (χ0n) is 20.9. The van der Waals surface area contributed by atoms with Crippen molar-refractivity contribution in [1.82, 2.24) is 19.4 Å². The van der Waals surface area contributed by atoms with Crippen LogP contribution >= 0.6 is 0 Å². The molecule has 1 atom stereocenters. The molecule has 1 saturated heterocycles. The molecule has 1 aliphatic heterocycles. The molecule has 188 valence electrons. The topological polar surface area (TPSA) is 98.4 Å². The molecular weight excluding hydrogens is 444 g/mol. The number of aliphatic carboxylic acids is 1. The molecule has 8 heteroatoms. The molecule has 1 aliphatic rings. The molecule has 0 spiro atoms. The summed E-state index contributed by atoms with van der Waals surface area (Å²) in [6.45, 7) is 7.10. The molecule has 35 heavy (non-hydrogen) atoms. The number of carboxylic acid groups (broad SMARTS) is 1. The van der Waals surface area contributed by atoms with Gasteiger partial charge >= 0.3 is 5.97 Å². The monoisotopic (exact) mass is 480 g/mol. The highest BCUT2D eigenvalue weighted by molar-refractivity contribution is 5.81. The average molecular weight is 481 g/mol. The van der Waals surface area contributed by atoms with Crippen molar-refractivity contribution in [2.24, 2.45) is 13.0 Å². The van der Waals surface area contributed by atoms with Crippen molar-refractivity contribution in [3.05, 3.63) is 51.9 Å². The van der Waals surface area contributed by atoms with Crippen LogP contribution in [-0.2, 0) is 23.1 Å². The van der Waals surface area contributed by atoms with Gasteiger partial charge in [-0.25, -0.2) is 4.98 Å². The number of hydrogen-bond acceptors (Lipinski definition) is 5. The van der Waals surface area contributed by atoms with Crippen LogP contribution in [0.15, 0.2) is 35.3 Å². The summed E-state index contributed by atoms with van der Waals surface area (Å²) in [5.41, 5.74) is 4.95. The van der Waals surface area contributed by atoms with Crippen molar-refractivity contribution in [3.63, 3.8) is 0 Å². The number of pyridine rings is 1. The fourth-order valence-corrected chi connectivity index (χ4v) is 5.06. The zero-order chi connectivity index (χ0) is 24.9. The molecular formula is C27H36N4O4. The van der Waals surface area contributed by atoms with E-state index in [2.05, 4.69) is 35.0 Å². The molecule has 3 heterocycles. The van der Waals surface area contributed by atoms with Gasteiger partial charge in [0.2, 0.25) is 0 Å². The third-order valence-corrected chi connectivity index (χ3v) is 7.08. The first-order valence-corrected chi connectivity index (χ1v) is 12.6. The lowest BCUT2D eigenvalue weighted by atomic mass is 9.92. The molecule has 0 radical (unpaired) electrons. The predicted molar refractivity (Wildman–Crippen MR) is 137 cm³/mol. The fourth-order valence-electron chi connectivity index (χ4n) is 5.06. The molecule has 0 aliphatic carbocycles. The first-order chi connectivity index (χ1) is 16.9. The minimum Gasteiger partial charge on any atom is -0.480 e. The molecule has 1 aromatic carbocycles. The van der Waals surface area contributed by atoms with Gasteiger partial charge in [0.25, 0.3) is 5.56 Å². The molecule has 1 fully saturated rings. The van der Waals surface area contributed by atoms with Gasteiger partial charge in [-0.3, -0.25) is 9.59 Å². The second kappa shape index (κ2) is 11.2. The summed E-state index contributed by atoms with van der Waals surface area (Å²) in [5, 5.41) is 11.9. The van der Waals surface area contributed by atoms with Crippen molar-refractivity contribution in [1.29, 1.82) is 0 Å². The van der Waals surface area contributed by atoms with Gasteiger partial charge in [0.1, 0.15) is 5.82 Å². The number of hydrogen-bond donors (Lipinski definition) is 2. The normalized spacial score (nSPS) is 15.5. The number of benzene rings is 1. The highest BCUT2D eigenvalue weighted by Gasteiger charge is 2.21. The van der Waals surface area contributed by atoms with Gasteiger partial charge < -0.3 is 24.3 Å². The number of aromatic nitrogens is 3. The van der Waals surface area contributed by atoms with E-state index in [9.17, 15) is 9.59 Å². The minimum absolute atomic E-state index is 0.00502. The molecule has 0 saturated carbocycles. The summed E-state index contributed by atoms with van der Waals surface area (Å²) in [7, 11) is 1.78. The Morgan fingerprint density at radius 2 is 2.06 bits per heavy atom. The smallest absolute Gasteiger partial charge is 0.317 e. The van der Waals surface area contributed by atoms with E-state index in [1.165, 1.54) is 5.56 Å². The van der Waals surface area contributed by atoms with Crippen LogP contribution in [0.3, 0.4) is 0 Å². The Morgan fingerprint density at radius 1 is 1.29 bits per heavy atom. The van der Waals surface area contributed by atoms with Crippen LogP contribution in [-0.4, -0.2) is 51.5 Å². The number of ether oxygens (including phenoxy) is 1. The van der Waals surface area contributed by atoms with E-state index < -0.39 is 5.97 Å². The number of nitrogens with zero attached hydrogens (tertiary/aromatic N) is 3. The predicted octanol–water partition coefficient (Wildman–Crippen LogP) is 3.69. The van der Waals surface area contributed by atoms with Crippen molar-refractivity contribution in [2.75, 3.05) is 26.3 Å². The summed E-state index contributed by atoms with van der Waals surface area (Å²) in [6.07, 6.45) is 5.77. The van der Waals surface area contributed by atoms with E-state index in [1.807, 2.05) is 19.2 Å². The number of aryl methyl sites for hydroxylation is 2. The molecule has 0 amide bonds. The van der Waals surface area contributed by atoms with Gasteiger partial charge in [0.15, 0.2) is 0 Å². The van der Waals surface area contributed by atoms with E-state index in [0.29, 0.717) is 23.9 Å². The zero-order valence-corrected chi connectivity index (χ0v) is 20.9. The number of carbonyl (C=O) groups is 1. The van der Waals surface area contributed by atoms with Crippen LogP contribution in [0.25, 0.3) is 22.4 Å². The molecule has 3 aromatic rings. The van der Waals surface area contributed by atoms with Gasteiger partial charge in [0, 0.05) is 44.1 Å². The maximum atomic E-state index is 12.3. The largest absolute Gasteiger partial charge is 0.480 e. The number of fused-ring (bicyclic) bond motifs is 1. The summed E-state index contributed by atoms with van der Waals surface area (Å²) in [5.74, 6) is 0.894. The van der Waals surface area contributed by atoms with E-state index in [0.717, 1.165) is 67.9 Å². The average Bonchev–Trinajstić information content (AvgIpc) is 3.20. The fraction of sp³-hybridized carbons (Fsp3) is 0.519. The maximum Gasteiger partial charge on any atom is 0.317 e. The lowest BCUT2D eigenvalue weighted by molar-refractivity contribution is -0.135. The lowest BCUT2D eigenvalue weighted by Gasteiger charge is -2.24. The third kappa shape index (κ3) is 5.82. The van der Waals surface area contributed by atoms with E-state index in [-0.39, 0.29) is 12.1 Å². The van der Waals surface area contributed by atoms with E-state index >= 15 is 0 Å². The molecule has 1 unspecified atom stereocenters. The minimum atomic E-state index is -0.835. The van der Waals surface area contributed by atoms with E-state index in [1.54, 1.807) is 11.6 Å². The van der Waals surface area contributed by atoms with Crippen molar-refractivity contribution in [2.45, 2.75) is 52.0 Å². The molecule has 8 nitrogen and oxygen atoms in total. The lowest BCUT2D eigenvalue weighted by Crippen LogP contribution is -2.24. The second-order valence-electron chi connectivity index (χ2n) is 9.64. The van der Waals surface area contributed by atoms with Crippen LogP contribution in [0.4, 0.5) is 0 Å². The molecule has 2 aromatic heterocycles. The van der Waals surface area contributed by atoms with Crippen molar-refractivity contribution in [3.8, 4) is 11.4 Å². The first-order valence-electron chi connectivity index (χ1n) is 12.6. The van der Waals surface area contributed by atoms with Crippen LogP contribution in [0.1, 0.15) is 49.7 Å². The van der Waals surface area contributed by atoms with Gasteiger partial charge in [0.05, 0.1) is 17.6 Å². The van der Waals surface area contributed by atoms with Gasteiger partial charge in [-0.2, -0.15) is 0 Å². The Balaban J connectivity index is 1.73. The Labute approximate surface area is 205 Å². The number of carboxylic acids is 1. The number of imidazole rings is 1. The second-order valence-corrected chi connectivity index (χ2v) is 9.64. The van der Waals surface area contributed by atoms with Crippen LogP contribution in [0.5, 0.6) is 0 Å². The Morgan fingerprint density at radius 3 is 2.74 bits per heavy atom. The third-order valence-electron chi connectivity index (χ3n) is 7.08. The molecule has 0 bridgehead atoms. The molecule has 4 rings (SSSR count). The van der Waals surface area contributed by atoms with Gasteiger partial charge in [-0.05, 0) is 74.8 Å². The maximum absolute atomic E-state index is 12.3. The highest BCUT2D eigenvalue weighted by atomic mass is 16.5. The van der Waals surface area contributed by atoms with Gasteiger partial charge in [-0.15, -0.1) is 0 Å².